The third-order valence-electron chi connectivity index (χ3n) is 3.24. The molecule has 1 aromatic heterocycles. The van der Waals surface area contributed by atoms with Crippen LogP contribution in [0, 0.1) is 0 Å². The molecule has 1 aromatic rings. The van der Waals surface area contributed by atoms with Gasteiger partial charge in [0.25, 0.3) is 0 Å². The predicted octanol–water partition coefficient (Wildman–Crippen LogP) is 0.766. The van der Waals surface area contributed by atoms with Crippen LogP contribution in [-0.2, 0) is 24.1 Å². The highest BCUT2D eigenvalue weighted by Gasteiger charge is 2.40. The summed E-state index contributed by atoms with van der Waals surface area (Å²) in [5.41, 5.74) is 5.74. The number of hydrogen-bond acceptors (Lipinski definition) is 4. The lowest BCUT2D eigenvalue weighted by atomic mass is 10.1. The van der Waals surface area contributed by atoms with E-state index in [1.807, 2.05) is 6.92 Å². The molecule has 1 atom stereocenters. The molecule has 0 aliphatic carbocycles. The summed E-state index contributed by atoms with van der Waals surface area (Å²) in [6.45, 7) is 2.14. The Kier molecular flexibility index (Phi) is 3.98. The molecular weight excluding hydrogens is 275 g/mol. The summed E-state index contributed by atoms with van der Waals surface area (Å²) < 4.78 is 39.0. The Bertz CT molecular complexity index is 499. The predicted molar refractivity (Wildman–Crippen MR) is 63.3 cm³/mol. The quantitative estimate of drug-likeness (QED) is 0.892. The van der Waals surface area contributed by atoms with Crippen LogP contribution in [0.3, 0.4) is 0 Å². The molecule has 0 aromatic carbocycles. The van der Waals surface area contributed by atoms with E-state index in [1.165, 1.54) is 4.90 Å². The third-order valence-corrected chi connectivity index (χ3v) is 3.24. The van der Waals surface area contributed by atoms with Crippen LogP contribution in [0.5, 0.6) is 0 Å². The van der Waals surface area contributed by atoms with Crippen molar-refractivity contribution >= 4 is 5.91 Å². The van der Waals surface area contributed by atoms with Gasteiger partial charge in [-0.05, 0) is 6.42 Å². The fourth-order valence-electron chi connectivity index (χ4n) is 2.22. The van der Waals surface area contributed by atoms with Gasteiger partial charge in [0.1, 0.15) is 0 Å². The van der Waals surface area contributed by atoms with Crippen molar-refractivity contribution in [2.75, 3.05) is 6.54 Å². The maximum Gasteiger partial charge on any atom is 0.451 e. The van der Waals surface area contributed by atoms with Gasteiger partial charge in [-0.25, -0.2) is 0 Å². The molecule has 2 heterocycles. The smallest absolute Gasteiger partial charge is 0.332 e. The van der Waals surface area contributed by atoms with Gasteiger partial charge in [-0.2, -0.15) is 13.2 Å². The van der Waals surface area contributed by atoms with Gasteiger partial charge in [-0.3, -0.25) is 4.79 Å². The summed E-state index contributed by atoms with van der Waals surface area (Å²) in [7, 11) is 0. The average molecular weight is 291 g/mol. The van der Waals surface area contributed by atoms with Gasteiger partial charge < -0.3 is 15.2 Å². The first kappa shape index (κ1) is 14.8. The van der Waals surface area contributed by atoms with E-state index in [-0.39, 0.29) is 31.4 Å². The van der Waals surface area contributed by atoms with Gasteiger partial charge in [0, 0.05) is 13.1 Å². The molecule has 0 saturated carbocycles. The summed E-state index contributed by atoms with van der Waals surface area (Å²) >= 11 is 0. The molecule has 0 bridgehead atoms. The Labute approximate surface area is 113 Å². The van der Waals surface area contributed by atoms with E-state index in [4.69, 9.17) is 5.73 Å². The van der Waals surface area contributed by atoms with E-state index in [2.05, 4.69) is 10.2 Å². The van der Waals surface area contributed by atoms with Crippen molar-refractivity contribution in [1.82, 2.24) is 19.7 Å². The van der Waals surface area contributed by atoms with Crippen LogP contribution in [0.25, 0.3) is 0 Å². The lowest BCUT2D eigenvalue weighted by molar-refractivity contribution is -0.148. The fourth-order valence-corrected chi connectivity index (χ4v) is 2.22. The minimum Gasteiger partial charge on any atom is -0.332 e. The maximum atomic E-state index is 12.7. The van der Waals surface area contributed by atoms with Gasteiger partial charge in [0.15, 0.2) is 5.82 Å². The van der Waals surface area contributed by atoms with E-state index in [0.29, 0.717) is 6.42 Å². The van der Waals surface area contributed by atoms with Crippen molar-refractivity contribution in [3.05, 3.63) is 11.6 Å². The number of nitrogens with zero attached hydrogens (tertiary/aromatic N) is 4. The highest BCUT2D eigenvalue weighted by atomic mass is 19.4. The molecule has 1 aliphatic rings. The number of aromatic nitrogens is 3. The Hall–Kier alpha value is -1.64. The van der Waals surface area contributed by atoms with Gasteiger partial charge in [-0.15, -0.1) is 10.2 Å². The number of amides is 1. The van der Waals surface area contributed by atoms with Crippen LogP contribution in [0.15, 0.2) is 0 Å². The highest BCUT2D eigenvalue weighted by molar-refractivity contribution is 5.81. The third kappa shape index (κ3) is 2.77. The molecular formula is C11H16F3N5O. The molecule has 112 valence electrons. The minimum absolute atomic E-state index is 0.0132. The molecule has 0 radical (unpaired) electrons. The molecule has 9 heteroatoms. The van der Waals surface area contributed by atoms with Crippen LogP contribution in [0.2, 0.25) is 0 Å². The second-order valence-electron chi connectivity index (χ2n) is 4.74. The summed E-state index contributed by atoms with van der Waals surface area (Å²) in [4.78, 5) is 13.5. The standard InChI is InChI=1S/C11H16F3N5O/c1-2-3-7(15)9(20)18-4-5-19-8(6-18)16-17-10(19)11(12,13)14/h7H,2-6,15H2,1H3. The first-order valence-corrected chi connectivity index (χ1v) is 6.38. The van der Waals surface area contributed by atoms with E-state index in [0.717, 1.165) is 11.0 Å². The molecule has 20 heavy (non-hydrogen) atoms. The van der Waals surface area contributed by atoms with Crippen molar-refractivity contribution in [2.24, 2.45) is 5.73 Å². The number of hydrogen-bond donors (Lipinski definition) is 1. The normalized spacial score (nSPS) is 16.9. The average Bonchev–Trinajstić information content (AvgIpc) is 2.80. The number of rotatable bonds is 3. The van der Waals surface area contributed by atoms with Gasteiger partial charge in [-0.1, -0.05) is 13.3 Å². The van der Waals surface area contributed by atoms with Crippen molar-refractivity contribution in [3.8, 4) is 0 Å². The van der Waals surface area contributed by atoms with Gasteiger partial charge in [0.05, 0.1) is 12.6 Å². The minimum atomic E-state index is -4.53. The van der Waals surface area contributed by atoms with E-state index in [1.54, 1.807) is 0 Å². The number of fused-ring (bicyclic) bond motifs is 1. The second-order valence-corrected chi connectivity index (χ2v) is 4.74. The summed E-state index contributed by atoms with van der Waals surface area (Å²) in [5, 5.41) is 6.68. The molecule has 2 N–H and O–H groups in total. The van der Waals surface area contributed by atoms with Crippen LogP contribution in [0.1, 0.15) is 31.4 Å². The SMILES string of the molecule is CCCC(N)C(=O)N1CCn2c(nnc2C(F)(F)F)C1. The molecule has 1 aliphatic heterocycles. The maximum absolute atomic E-state index is 12.7. The number of halogens is 3. The zero-order chi connectivity index (χ0) is 14.9. The monoisotopic (exact) mass is 291 g/mol. The summed E-state index contributed by atoms with van der Waals surface area (Å²) in [6, 6.07) is -0.614. The molecule has 0 saturated heterocycles. The first-order valence-electron chi connectivity index (χ1n) is 6.38. The van der Waals surface area contributed by atoms with Gasteiger partial charge in [0.2, 0.25) is 11.7 Å². The van der Waals surface area contributed by atoms with E-state index >= 15 is 0 Å². The molecule has 2 rings (SSSR count). The summed E-state index contributed by atoms with van der Waals surface area (Å²) in [6.07, 6.45) is -3.21. The van der Waals surface area contributed by atoms with Crippen molar-refractivity contribution in [3.63, 3.8) is 0 Å². The fraction of sp³-hybridized carbons (Fsp3) is 0.727. The molecule has 6 nitrogen and oxygen atoms in total. The van der Waals surface area contributed by atoms with E-state index < -0.39 is 18.0 Å². The topological polar surface area (TPSA) is 77.0 Å². The zero-order valence-corrected chi connectivity index (χ0v) is 11.0. The van der Waals surface area contributed by atoms with Crippen LogP contribution in [0.4, 0.5) is 13.2 Å². The Balaban J connectivity index is 2.13. The lowest BCUT2D eigenvalue weighted by Crippen LogP contribution is -2.47. The van der Waals surface area contributed by atoms with E-state index in [9.17, 15) is 18.0 Å². The molecule has 1 amide bonds. The first-order chi connectivity index (χ1) is 9.34. The number of carbonyl (C=O) groups excluding carboxylic acids is 1. The molecule has 0 spiro atoms. The Morgan fingerprint density at radius 2 is 2.10 bits per heavy atom. The Morgan fingerprint density at radius 1 is 1.40 bits per heavy atom. The van der Waals surface area contributed by atoms with Crippen LogP contribution < -0.4 is 5.73 Å². The Morgan fingerprint density at radius 3 is 2.70 bits per heavy atom. The van der Waals surface area contributed by atoms with Crippen LogP contribution in [-0.4, -0.2) is 38.2 Å². The largest absolute Gasteiger partial charge is 0.451 e. The molecule has 0 fully saturated rings. The van der Waals surface area contributed by atoms with Crippen molar-refractivity contribution in [2.45, 2.75) is 45.1 Å². The zero-order valence-electron chi connectivity index (χ0n) is 11.0. The molecule has 1 unspecified atom stereocenters. The number of carbonyl (C=O) groups is 1. The van der Waals surface area contributed by atoms with Crippen molar-refractivity contribution in [1.29, 1.82) is 0 Å². The van der Waals surface area contributed by atoms with Crippen LogP contribution >= 0.6 is 0 Å². The second kappa shape index (κ2) is 5.39. The number of alkyl halides is 3. The summed E-state index contributed by atoms with van der Waals surface area (Å²) in [5.74, 6) is -1.13. The highest BCUT2D eigenvalue weighted by Crippen LogP contribution is 2.29. The number of nitrogens with two attached hydrogens (primary N) is 1. The van der Waals surface area contributed by atoms with Crippen molar-refractivity contribution < 1.29 is 18.0 Å². The van der Waals surface area contributed by atoms with Gasteiger partial charge >= 0.3 is 6.18 Å². The lowest BCUT2D eigenvalue weighted by Gasteiger charge is -2.29.